The van der Waals surface area contributed by atoms with Crippen LogP contribution in [0.1, 0.15) is 23.1 Å². The van der Waals surface area contributed by atoms with Crippen LogP contribution in [0.5, 0.6) is 0 Å². The first-order valence-electron chi connectivity index (χ1n) is 9.32. The van der Waals surface area contributed by atoms with Crippen LogP contribution < -0.4 is 5.32 Å². The third kappa shape index (κ3) is 3.43. The van der Waals surface area contributed by atoms with E-state index in [1.807, 2.05) is 0 Å². The molecule has 4 rings (SSSR count). The summed E-state index contributed by atoms with van der Waals surface area (Å²) in [5.74, 6) is 0. The highest BCUT2D eigenvalue weighted by Gasteiger charge is 2.24. The van der Waals surface area contributed by atoms with E-state index < -0.39 is 0 Å². The van der Waals surface area contributed by atoms with Crippen molar-refractivity contribution in [1.82, 2.24) is 20.4 Å². The molecule has 4 heteroatoms. The van der Waals surface area contributed by atoms with Gasteiger partial charge in [-0.3, -0.25) is 5.10 Å². The third-order valence-electron chi connectivity index (χ3n) is 5.04. The maximum atomic E-state index is 4.59. The molecule has 134 valence electrons. The van der Waals surface area contributed by atoms with Crippen LogP contribution in [0.3, 0.4) is 0 Å². The van der Waals surface area contributed by atoms with Crippen molar-refractivity contribution in [2.45, 2.75) is 19.4 Å². The first kappa shape index (κ1) is 17.0. The standard InChI is InChI=1S/C22H26N4/c1-26(2)13-5-12-23-15-16-8-10-17(11-9-16)21-20-14-18-6-3-4-7-19(18)22(20)25-24-21/h3-4,6-11,23H,5,12-15H2,1-2H3,(H,24,25). The molecule has 0 saturated heterocycles. The zero-order valence-corrected chi connectivity index (χ0v) is 15.5. The molecular weight excluding hydrogens is 320 g/mol. The Morgan fingerprint density at radius 2 is 1.88 bits per heavy atom. The van der Waals surface area contributed by atoms with Crippen LogP contribution in [-0.2, 0) is 13.0 Å². The zero-order valence-electron chi connectivity index (χ0n) is 15.5. The van der Waals surface area contributed by atoms with Gasteiger partial charge in [-0.25, -0.2) is 0 Å². The molecule has 0 atom stereocenters. The molecule has 1 aromatic heterocycles. The van der Waals surface area contributed by atoms with Gasteiger partial charge in [0.15, 0.2) is 0 Å². The molecule has 2 N–H and O–H groups in total. The van der Waals surface area contributed by atoms with Gasteiger partial charge in [0, 0.05) is 29.7 Å². The normalized spacial score (nSPS) is 12.4. The van der Waals surface area contributed by atoms with E-state index in [1.165, 1.54) is 39.9 Å². The molecule has 0 spiro atoms. The highest BCUT2D eigenvalue weighted by atomic mass is 15.1. The Kier molecular flexibility index (Phi) is 4.87. The lowest BCUT2D eigenvalue weighted by Crippen LogP contribution is -2.20. The van der Waals surface area contributed by atoms with Gasteiger partial charge in [-0.1, -0.05) is 48.5 Å². The van der Waals surface area contributed by atoms with Crippen LogP contribution in [-0.4, -0.2) is 42.3 Å². The van der Waals surface area contributed by atoms with Crippen LogP contribution >= 0.6 is 0 Å². The molecule has 3 aromatic rings. The number of rotatable bonds is 7. The third-order valence-corrected chi connectivity index (χ3v) is 5.04. The Bertz CT molecular complexity index is 877. The van der Waals surface area contributed by atoms with Crippen molar-refractivity contribution in [3.63, 3.8) is 0 Å². The Labute approximate surface area is 155 Å². The second-order valence-electron chi connectivity index (χ2n) is 7.29. The van der Waals surface area contributed by atoms with E-state index in [0.717, 1.165) is 31.7 Å². The average Bonchev–Trinajstić information content (AvgIpc) is 3.21. The molecule has 1 aliphatic rings. The Hall–Kier alpha value is -2.43. The summed E-state index contributed by atoms with van der Waals surface area (Å²) in [6.45, 7) is 3.08. The van der Waals surface area contributed by atoms with Crippen molar-refractivity contribution in [2.75, 3.05) is 27.2 Å². The fourth-order valence-electron chi connectivity index (χ4n) is 3.64. The van der Waals surface area contributed by atoms with E-state index in [9.17, 15) is 0 Å². The van der Waals surface area contributed by atoms with Gasteiger partial charge in [0.05, 0.1) is 11.4 Å². The number of aromatic amines is 1. The van der Waals surface area contributed by atoms with Crippen LogP contribution in [0, 0.1) is 0 Å². The number of benzene rings is 2. The fourth-order valence-corrected chi connectivity index (χ4v) is 3.64. The highest BCUT2D eigenvalue weighted by molar-refractivity contribution is 5.80. The van der Waals surface area contributed by atoms with Gasteiger partial charge in [-0.2, -0.15) is 5.10 Å². The lowest BCUT2D eigenvalue weighted by atomic mass is 10.0. The molecule has 1 heterocycles. The number of hydrogen-bond acceptors (Lipinski definition) is 3. The van der Waals surface area contributed by atoms with Gasteiger partial charge in [-0.15, -0.1) is 0 Å². The average molecular weight is 346 g/mol. The molecule has 4 nitrogen and oxygen atoms in total. The molecule has 0 amide bonds. The molecule has 0 aliphatic heterocycles. The first-order valence-corrected chi connectivity index (χ1v) is 9.32. The molecule has 2 aromatic carbocycles. The molecule has 1 aliphatic carbocycles. The minimum absolute atomic E-state index is 0.915. The molecule has 0 bridgehead atoms. The van der Waals surface area contributed by atoms with E-state index in [-0.39, 0.29) is 0 Å². The Morgan fingerprint density at radius 1 is 1.08 bits per heavy atom. The maximum absolute atomic E-state index is 4.59. The number of nitrogens with zero attached hydrogens (tertiary/aromatic N) is 2. The zero-order chi connectivity index (χ0) is 17.9. The van der Waals surface area contributed by atoms with Crippen LogP contribution in [0.25, 0.3) is 22.5 Å². The highest BCUT2D eigenvalue weighted by Crippen LogP contribution is 2.39. The molecular formula is C22H26N4. The summed E-state index contributed by atoms with van der Waals surface area (Å²) in [5, 5.41) is 11.4. The Morgan fingerprint density at radius 3 is 2.69 bits per heavy atom. The van der Waals surface area contributed by atoms with Crippen molar-refractivity contribution in [3.8, 4) is 22.5 Å². The molecule has 0 saturated carbocycles. The van der Waals surface area contributed by atoms with Crippen LogP contribution in [0.2, 0.25) is 0 Å². The van der Waals surface area contributed by atoms with Gasteiger partial charge in [0.1, 0.15) is 0 Å². The SMILES string of the molecule is CN(C)CCCNCc1ccc(-c2n[nH]c3c2Cc2ccccc2-3)cc1. The number of nitrogens with one attached hydrogen (secondary N) is 2. The van der Waals surface area contributed by atoms with Crippen molar-refractivity contribution in [2.24, 2.45) is 0 Å². The molecule has 0 fully saturated rings. The predicted octanol–water partition coefficient (Wildman–Crippen LogP) is 3.69. The van der Waals surface area contributed by atoms with E-state index >= 15 is 0 Å². The lowest BCUT2D eigenvalue weighted by Gasteiger charge is -2.10. The van der Waals surface area contributed by atoms with Crippen molar-refractivity contribution < 1.29 is 0 Å². The van der Waals surface area contributed by atoms with E-state index in [1.54, 1.807) is 0 Å². The second-order valence-corrected chi connectivity index (χ2v) is 7.29. The van der Waals surface area contributed by atoms with Gasteiger partial charge in [0.2, 0.25) is 0 Å². The number of H-pyrrole nitrogens is 1. The minimum Gasteiger partial charge on any atom is -0.313 e. The Balaban J connectivity index is 1.42. The number of aromatic nitrogens is 2. The summed E-state index contributed by atoms with van der Waals surface area (Å²) in [6, 6.07) is 17.4. The van der Waals surface area contributed by atoms with Crippen LogP contribution in [0.4, 0.5) is 0 Å². The molecule has 0 radical (unpaired) electrons. The van der Waals surface area contributed by atoms with E-state index in [4.69, 9.17) is 0 Å². The molecule has 26 heavy (non-hydrogen) atoms. The van der Waals surface area contributed by atoms with E-state index in [0.29, 0.717) is 0 Å². The molecule has 0 unspecified atom stereocenters. The number of hydrogen-bond donors (Lipinski definition) is 2. The summed E-state index contributed by atoms with van der Waals surface area (Å²) in [5.41, 5.74) is 8.76. The van der Waals surface area contributed by atoms with Crippen molar-refractivity contribution >= 4 is 0 Å². The quantitative estimate of drug-likeness (QED) is 0.502. The van der Waals surface area contributed by atoms with Gasteiger partial charge >= 0.3 is 0 Å². The minimum atomic E-state index is 0.915. The summed E-state index contributed by atoms with van der Waals surface area (Å²) < 4.78 is 0. The first-order chi connectivity index (χ1) is 12.7. The number of fused-ring (bicyclic) bond motifs is 3. The summed E-state index contributed by atoms with van der Waals surface area (Å²) >= 11 is 0. The van der Waals surface area contributed by atoms with E-state index in [2.05, 4.69) is 83.0 Å². The largest absolute Gasteiger partial charge is 0.313 e. The summed E-state index contributed by atoms with van der Waals surface area (Å²) in [6.07, 6.45) is 2.14. The fraction of sp³-hybridized carbons (Fsp3) is 0.318. The van der Waals surface area contributed by atoms with Gasteiger partial charge in [0.25, 0.3) is 0 Å². The predicted molar refractivity (Wildman–Crippen MR) is 107 cm³/mol. The van der Waals surface area contributed by atoms with Crippen molar-refractivity contribution in [1.29, 1.82) is 0 Å². The van der Waals surface area contributed by atoms with Gasteiger partial charge < -0.3 is 10.2 Å². The topological polar surface area (TPSA) is 44.0 Å². The lowest BCUT2D eigenvalue weighted by molar-refractivity contribution is 0.394. The smallest absolute Gasteiger partial charge is 0.0962 e. The van der Waals surface area contributed by atoms with Gasteiger partial charge in [-0.05, 0) is 44.7 Å². The van der Waals surface area contributed by atoms with Crippen LogP contribution in [0.15, 0.2) is 48.5 Å². The summed E-state index contributed by atoms with van der Waals surface area (Å²) in [4.78, 5) is 2.22. The van der Waals surface area contributed by atoms with Crippen molar-refractivity contribution in [3.05, 3.63) is 65.2 Å². The monoisotopic (exact) mass is 346 g/mol. The second kappa shape index (κ2) is 7.44. The maximum Gasteiger partial charge on any atom is 0.0962 e. The summed E-state index contributed by atoms with van der Waals surface area (Å²) in [7, 11) is 4.23.